The van der Waals surface area contributed by atoms with Gasteiger partial charge in [-0.05, 0) is 65.6 Å². The van der Waals surface area contributed by atoms with Crippen LogP contribution >= 0.6 is 11.6 Å². The topological polar surface area (TPSA) is 436 Å². The lowest BCUT2D eigenvalue weighted by Gasteiger charge is -2.28. The molecule has 4 rings (SSSR count). The van der Waals surface area contributed by atoms with Crippen LogP contribution in [0.1, 0.15) is 46.4 Å². The number of aliphatic hydroxyl groups is 12. The zero-order valence-electron chi connectivity index (χ0n) is 38.4. The fourth-order valence-electron chi connectivity index (χ4n) is 6.73. The van der Waals surface area contributed by atoms with E-state index in [2.05, 4.69) is 25.6 Å². The number of aryl methyl sites for hydroxylation is 2. The molecule has 0 aliphatic carbocycles. The fraction of sp³-hybridized carbons (Fsp3) is 0.457. The first kappa shape index (κ1) is 57.7. The van der Waals surface area contributed by atoms with Crippen LogP contribution < -0.4 is 37.3 Å². The van der Waals surface area contributed by atoms with Crippen molar-refractivity contribution < 1.29 is 80.3 Å². The average molecular weight is 1020 g/mol. The minimum atomic E-state index is -2.08. The lowest BCUT2D eigenvalue weighted by Crippen LogP contribution is -2.51. The SMILES string of the molecule is NC(=NCCCCc1ccc(-c2ccc(CCC(=O)NCc3cc(OC[C@H](O)[C@H](O)[C@H](O)[C@H](O)[C@H](O)CO)cc(OC[C@H](O)[C@H](O)[C@H](O)[C@H](O)[C@H](O)CO)c3)cc2)cc1)NC(=O)c1nc(Cl)c(N)nc1N. The normalized spacial score (nSPS) is 16.1. The van der Waals surface area contributed by atoms with Gasteiger partial charge in [0.05, 0.1) is 13.2 Å². The summed E-state index contributed by atoms with van der Waals surface area (Å²) in [4.78, 5) is 37.2. The number of nitrogens with two attached hydrogens (primary N) is 3. The molecule has 25 heteroatoms. The van der Waals surface area contributed by atoms with Crippen molar-refractivity contribution in [3.63, 3.8) is 0 Å². The fourth-order valence-corrected chi connectivity index (χ4v) is 6.86. The number of halogens is 1. The van der Waals surface area contributed by atoms with Crippen LogP contribution in [0.3, 0.4) is 0 Å². The third kappa shape index (κ3) is 17.8. The summed E-state index contributed by atoms with van der Waals surface area (Å²) in [5, 5.41) is 124. The van der Waals surface area contributed by atoms with Crippen LogP contribution in [0.2, 0.25) is 5.15 Å². The Labute approximate surface area is 412 Å². The highest BCUT2D eigenvalue weighted by molar-refractivity contribution is 6.31. The van der Waals surface area contributed by atoms with Gasteiger partial charge in [-0.2, -0.15) is 0 Å². The third-order valence-corrected chi connectivity index (χ3v) is 11.3. The second-order valence-corrected chi connectivity index (χ2v) is 16.9. The number of amides is 2. The van der Waals surface area contributed by atoms with Crippen LogP contribution in [0.4, 0.5) is 11.6 Å². The zero-order valence-corrected chi connectivity index (χ0v) is 39.1. The number of ether oxygens (including phenoxy) is 2. The Balaban J connectivity index is 1.28. The van der Waals surface area contributed by atoms with Crippen molar-refractivity contribution in [2.24, 2.45) is 10.7 Å². The summed E-state index contributed by atoms with van der Waals surface area (Å²) in [6.45, 7) is -2.95. The first-order chi connectivity index (χ1) is 33.7. The monoisotopic (exact) mass is 1020 g/mol. The summed E-state index contributed by atoms with van der Waals surface area (Å²) >= 11 is 5.83. The highest BCUT2D eigenvalue weighted by atomic mass is 35.5. The van der Waals surface area contributed by atoms with Crippen LogP contribution in [0.5, 0.6) is 11.5 Å². The van der Waals surface area contributed by atoms with E-state index in [1.54, 1.807) is 0 Å². The minimum Gasteiger partial charge on any atom is -0.491 e. The minimum absolute atomic E-state index is 0.0193. The molecule has 0 fully saturated rings. The molecule has 390 valence electrons. The molecule has 2 amide bonds. The molecule has 0 saturated carbocycles. The largest absolute Gasteiger partial charge is 0.491 e. The van der Waals surface area contributed by atoms with Crippen LogP contribution in [-0.4, -0.2) is 183 Å². The van der Waals surface area contributed by atoms with Gasteiger partial charge in [0.15, 0.2) is 28.4 Å². The second-order valence-electron chi connectivity index (χ2n) is 16.5. The quantitative estimate of drug-likeness (QED) is 0.0150. The molecule has 71 heavy (non-hydrogen) atoms. The molecule has 0 spiro atoms. The molecule has 1 heterocycles. The van der Waals surface area contributed by atoms with E-state index in [9.17, 15) is 60.7 Å². The number of nitrogens with one attached hydrogen (secondary N) is 2. The third-order valence-electron chi connectivity index (χ3n) is 11.0. The Hall–Kier alpha value is -5.84. The number of unbranched alkanes of at least 4 members (excludes halogenated alkanes) is 1. The van der Waals surface area contributed by atoms with Gasteiger partial charge in [0.2, 0.25) is 5.91 Å². The number of aromatic nitrogens is 2. The number of guanidine groups is 1. The van der Waals surface area contributed by atoms with Gasteiger partial charge in [-0.1, -0.05) is 60.1 Å². The van der Waals surface area contributed by atoms with E-state index in [4.69, 9.17) is 48.5 Å². The number of nitrogen functional groups attached to an aromatic ring is 2. The number of carbonyl (C=O) groups excluding carboxylic acids is 2. The lowest BCUT2D eigenvalue weighted by molar-refractivity contribution is -0.144. The molecule has 3 aromatic carbocycles. The van der Waals surface area contributed by atoms with Crippen LogP contribution in [0, 0.1) is 0 Å². The van der Waals surface area contributed by atoms with Crippen molar-refractivity contribution in [2.45, 2.75) is 99.7 Å². The van der Waals surface area contributed by atoms with Crippen molar-refractivity contribution in [3.8, 4) is 22.6 Å². The Bertz CT molecular complexity index is 2280. The number of rotatable bonds is 28. The molecule has 1 aromatic heterocycles. The molecule has 0 unspecified atom stereocenters. The molecule has 10 atom stereocenters. The average Bonchev–Trinajstić information content (AvgIpc) is 3.37. The molecule has 4 aromatic rings. The van der Waals surface area contributed by atoms with E-state index in [1.165, 1.54) is 18.2 Å². The summed E-state index contributed by atoms with van der Waals surface area (Å²) in [6, 6.07) is 20.0. The van der Waals surface area contributed by atoms with Crippen molar-refractivity contribution in [3.05, 3.63) is 94.3 Å². The van der Waals surface area contributed by atoms with Crippen molar-refractivity contribution in [1.82, 2.24) is 20.6 Å². The van der Waals surface area contributed by atoms with Gasteiger partial charge in [-0.25, -0.2) is 9.97 Å². The molecule has 20 N–H and O–H groups in total. The molecular weight excluding hydrogens is 956 g/mol. The molecule has 0 bridgehead atoms. The highest BCUT2D eigenvalue weighted by Gasteiger charge is 2.36. The van der Waals surface area contributed by atoms with Crippen molar-refractivity contribution in [2.75, 3.05) is 44.4 Å². The maximum atomic E-state index is 13.0. The zero-order chi connectivity index (χ0) is 52.4. The van der Waals surface area contributed by atoms with E-state index >= 15 is 0 Å². The summed E-state index contributed by atoms with van der Waals surface area (Å²) in [5.41, 5.74) is 21.2. The highest BCUT2D eigenvalue weighted by Crippen LogP contribution is 2.26. The van der Waals surface area contributed by atoms with E-state index in [0.29, 0.717) is 24.9 Å². The lowest BCUT2D eigenvalue weighted by atomic mass is 9.99. The Morgan fingerprint density at radius 1 is 0.620 bits per heavy atom. The van der Waals surface area contributed by atoms with Gasteiger partial charge in [-0.3, -0.25) is 19.9 Å². The van der Waals surface area contributed by atoms with Gasteiger partial charge in [0, 0.05) is 25.6 Å². The smallest absolute Gasteiger partial charge is 0.280 e. The molecule has 0 aliphatic rings. The summed E-state index contributed by atoms with van der Waals surface area (Å²) in [7, 11) is 0. The van der Waals surface area contributed by atoms with Crippen LogP contribution in [0.15, 0.2) is 71.7 Å². The van der Waals surface area contributed by atoms with E-state index in [1.807, 2.05) is 48.5 Å². The summed E-state index contributed by atoms with van der Waals surface area (Å²) in [6.07, 6.45) is -16.7. The van der Waals surface area contributed by atoms with E-state index in [-0.39, 0.29) is 58.8 Å². The van der Waals surface area contributed by atoms with Gasteiger partial charge in [-0.15, -0.1) is 0 Å². The van der Waals surface area contributed by atoms with Gasteiger partial charge in [0.1, 0.15) is 85.8 Å². The van der Waals surface area contributed by atoms with E-state index < -0.39 is 93.4 Å². The second kappa shape index (κ2) is 28.3. The van der Waals surface area contributed by atoms with E-state index in [0.717, 1.165) is 35.1 Å². The van der Waals surface area contributed by atoms with Crippen LogP contribution in [-0.2, 0) is 24.2 Å². The first-order valence-corrected chi connectivity index (χ1v) is 22.7. The molecule has 0 saturated heterocycles. The molecule has 0 radical (unpaired) electrons. The molecule has 0 aliphatic heterocycles. The first-order valence-electron chi connectivity index (χ1n) is 22.3. The number of aliphatic hydroxyl groups excluding tert-OH is 12. The summed E-state index contributed by atoms with van der Waals surface area (Å²) in [5.74, 6) is -1.49. The maximum Gasteiger partial charge on any atom is 0.280 e. The predicted octanol–water partition coefficient (Wildman–Crippen LogP) is -3.37. The summed E-state index contributed by atoms with van der Waals surface area (Å²) < 4.78 is 11.2. The number of hydrogen-bond acceptors (Lipinski definition) is 21. The van der Waals surface area contributed by atoms with Gasteiger partial charge in [0.25, 0.3) is 5.91 Å². The number of benzene rings is 3. The predicted molar refractivity (Wildman–Crippen MR) is 256 cm³/mol. The standard InChI is InChI=1S/C46H63ClN8O16/c47-42-44(49)54-43(48)35(53-42)45(69)55-46(50)51-14-2-1-3-23-4-9-26(10-5-23)27-11-6-24(7-12-27)8-13-34(62)52-18-25-15-28(70-21-32(60)38(65)40(67)36(63)30(58)19-56)17-29(16-25)71-22-33(61)39(66)41(68)37(64)31(59)20-57/h4-7,9-12,15-17,30-33,36-41,56-61,63-68H,1-3,8,13-14,18-22H2,(H,52,62)(H4,48,49,54)(H3,50,51,55,69)/t30-,31-,32+,33+,36-,37-,38+,39+,40-,41-/m1/s1. The van der Waals surface area contributed by atoms with Crippen molar-refractivity contribution in [1.29, 1.82) is 0 Å². The number of nitrogens with zero attached hydrogens (tertiary/aromatic N) is 3. The van der Waals surface area contributed by atoms with Crippen LogP contribution in [0.25, 0.3) is 11.1 Å². The molecular formula is C46H63ClN8O16. The number of anilines is 2. The number of aliphatic imine (C=N–C) groups is 1. The van der Waals surface area contributed by atoms with Gasteiger partial charge >= 0.3 is 0 Å². The Morgan fingerprint density at radius 3 is 1.59 bits per heavy atom. The maximum absolute atomic E-state index is 13.0. The Morgan fingerprint density at radius 2 is 1.10 bits per heavy atom. The number of carbonyl (C=O) groups is 2. The number of hydrogen-bond donors (Lipinski definition) is 17. The Kier molecular flexibility index (Phi) is 23.0. The van der Waals surface area contributed by atoms with Crippen molar-refractivity contribution >= 4 is 41.0 Å². The van der Waals surface area contributed by atoms with Gasteiger partial charge < -0.3 is 93.3 Å². The molecule has 24 nitrogen and oxygen atoms in total.